The molecular formula is C14H15NO3. The topological polar surface area (TPSA) is 57.6 Å². The highest BCUT2D eigenvalue weighted by molar-refractivity contribution is 5.88. The second-order valence-corrected chi connectivity index (χ2v) is 4.32. The molecule has 0 aliphatic carbocycles. The van der Waals surface area contributed by atoms with E-state index in [1.807, 2.05) is 6.07 Å². The highest BCUT2D eigenvalue weighted by Gasteiger charge is 2.17. The van der Waals surface area contributed by atoms with Gasteiger partial charge in [0.1, 0.15) is 0 Å². The van der Waals surface area contributed by atoms with Gasteiger partial charge >= 0.3 is 5.97 Å². The van der Waals surface area contributed by atoms with E-state index in [9.17, 15) is 9.59 Å². The zero-order valence-corrected chi connectivity index (χ0v) is 10.1. The van der Waals surface area contributed by atoms with Gasteiger partial charge in [-0.3, -0.25) is 4.79 Å². The lowest BCUT2D eigenvalue weighted by atomic mass is 10.0. The third-order valence-corrected chi connectivity index (χ3v) is 3.24. The lowest BCUT2D eigenvalue weighted by Crippen LogP contribution is -2.31. The molecule has 1 aromatic rings. The van der Waals surface area contributed by atoms with E-state index in [1.165, 1.54) is 6.08 Å². The number of aromatic carboxylic acids is 1. The molecule has 0 aromatic heterocycles. The molecule has 0 saturated heterocycles. The molecule has 0 atom stereocenters. The molecule has 4 nitrogen and oxygen atoms in total. The summed E-state index contributed by atoms with van der Waals surface area (Å²) >= 11 is 0. The molecule has 18 heavy (non-hydrogen) atoms. The van der Waals surface area contributed by atoms with E-state index in [1.54, 1.807) is 17.0 Å². The fourth-order valence-electron chi connectivity index (χ4n) is 2.21. The average Bonchev–Trinajstić information content (AvgIpc) is 2.59. The number of nitrogens with zero attached hydrogens (tertiary/aromatic N) is 1. The highest BCUT2D eigenvalue weighted by atomic mass is 16.4. The van der Waals surface area contributed by atoms with Crippen LogP contribution in [0.5, 0.6) is 0 Å². The minimum Gasteiger partial charge on any atom is -0.478 e. The van der Waals surface area contributed by atoms with Gasteiger partial charge in [-0.2, -0.15) is 0 Å². The number of carboxylic acids is 1. The molecule has 1 N–H and O–H groups in total. The second kappa shape index (κ2) is 5.04. The van der Waals surface area contributed by atoms with Crippen molar-refractivity contribution in [3.05, 3.63) is 47.5 Å². The molecule has 2 rings (SSSR count). The summed E-state index contributed by atoms with van der Waals surface area (Å²) < 4.78 is 0. The molecule has 1 aromatic carbocycles. The lowest BCUT2D eigenvalue weighted by molar-refractivity contribution is -0.125. The number of carbonyl (C=O) groups excluding carboxylic acids is 1. The molecule has 0 bridgehead atoms. The van der Waals surface area contributed by atoms with Gasteiger partial charge in [0.25, 0.3) is 0 Å². The molecule has 1 aliphatic rings. The first-order chi connectivity index (χ1) is 8.61. The predicted octanol–water partition coefficient (Wildman–Crippen LogP) is 1.50. The molecule has 0 spiro atoms. The summed E-state index contributed by atoms with van der Waals surface area (Å²) in [5.74, 6) is -0.984. The Hall–Kier alpha value is -2.10. The van der Waals surface area contributed by atoms with Crippen LogP contribution in [-0.2, 0) is 17.6 Å². The van der Waals surface area contributed by atoms with Crippen LogP contribution >= 0.6 is 0 Å². The number of carboxylic acid groups (broad SMARTS) is 1. The predicted molar refractivity (Wildman–Crippen MR) is 67.6 cm³/mol. The molecule has 0 saturated carbocycles. The van der Waals surface area contributed by atoms with Crippen molar-refractivity contribution in [1.82, 2.24) is 4.90 Å². The lowest BCUT2D eigenvalue weighted by Gasteiger charge is -2.17. The van der Waals surface area contributed by atoms with Crippen molar-refractivity contribution in [3.63, 3.8) is 0 Å². The van der Waals surface area contributed by atoms with Crippen LogP contribution in [0, 0.1) is 0 Å². The average molecular weight is 245 g/mol. The number of amides is 1. The molecule has 1 amide bonds. The van der Waals surface area contributed by atoms with Crippen molar-refractivity contribution in [2.75, 3.05) is 13.1 Å². The number of carbonyl (C=O) groups is 2. The van der Waals surface area contributed by atoms with Crippen molar-refractivity contribution in [1.29, 1.82) is 0 Å². The summed E-state index contributed by atoms with van der Waals surface area (Å²) in [4.78, 5) is 24.2. The Morgan fingerprint density at radius 1 is 1.22 bits per heavy atom. The van der Waals surface area contributed by atoms with E-state index in [0.29, 0.717) is 25.1 Å². The maximum Gasteiger partial charge on any atom is 0.335 e. The molecule has 0 radical (unpaired) electrons. The van der Waals surface area contributed by atoms with Gasteiger partial charge < -0.3 is 10.0 Å². The third-order valence-electron chi connectivity index (χ3n) is 3.24. The summed E-state index contributed by atoms with van der Waals surface area (Å²) in [6.07, 6.45) is 2.77. The van der Waals surface area contributed by atoms with Gasteiger partial charge in [-0.25, -0.2) is 4.79 Å². The Labute approximate surface area is 106 Å². The monoisotopic (exact) mass is 245 g/mol. The van der Waals surface area contributed by atoms with Gasteiger partial charge in [0.15, 0.2) is 0 Å². The number of fused-ring (bicyclic) bond motifs is 1. The fourth-order valence-corrected chi connectivity index (χ4v) is 2.21. The smallest absolute Gasteiger partial charge is 0.335 e. The van der Waals surface area contributed by atoms with Crippen molar-refractivity contribution in [2.24, 2.45) is 0 Å². The zero-order chi connectivity index (χ0) is 13.1. The largest absolute Gasteiger partial charge is 0.478 e. The maximum atomic E-state index is 11.6. The van der Waals surface area contributed by atoms with Gasteiger partial charge in [0.2, 0.25) is 5.91 Å². The molecule has 0 fully saturated rings. The minimum absolute atomic E-state index is 0.0683. The van der Waals surface area contributed by atoms with Crippen molar-refractivity contribution >= 4 is 11.9 Å². The molecule has 4 heteroatoms. The number of benzene rings is 1. The van der Waals surface area contributed by atoms with Crippen LogP contribution in [0.15, 0.2) is 30.9 Å². The van der Waals surface area contributed by atoms with Crippen LogP contribution < -0.4 is 0 Å². The van der Waals surface area contributed by atoms with Gasteiger partial charge in [0, 0.05) is 13.1 Å². The van der Waals surface area contributed by atoms with E-state index in [0.717, 1.165) is 17.5 Å². The maximum absolute atomic E-state index is 11.6. The first-order valence-corrected chi connectivity index (χ1v) is 5.88. The minimum atomic E-state index is -0.916. The molecule has 94 valence electrons. The summed E-state index contributed by atoms with van der Waals surface area (Å²) in [6.45, 7) is 4.75. The van der Waals surface area contributed by atoms with Crippen molar-refractivity contribution < 1.29 is 14.7 Å². The Kier molecular flexibility index (Phi) is 3.46. The normalized spacial score (nSPS) is 14.6. The van der Waals surface area contributed by atoms with Crippen molar-refractivity contribution in [2.45, 2.75) is 12.8 Å². The fraction of sp³-hybridized carbons (Fsp3) is 0.286. The Bertz CT molecular complexity index is 508. The third kappa shape index (κ3) is 2.42. The second-order valence-electron chi connectivity index (χ2n) is 4.32. The quantitative estimate of drug-likeness (QED) is 0.803. The van der Waals surface area contributed by atoms with Crippen LogP contribution in [0.3, 0.4) is 0 Å². The van der Waals surface area contributed by atoms with Gasteiger partial charge in [-0.05, 0) is 42.2 Å². The number of rotatable bonds is 2. The van der Waals surface area contributed by atoms with E-state index in [2.05, 4.69) is 6.58 Å². The summed E-state index contributed by atoms with van der Waals surface area (Å²) in [6, 6.07) is 5.17. The molecule has 0 unspecified atom stereocenters. The summed E-state index contributed by atoms with van der Waals surface area (Å²) in [7, 11) is 0. The molecule has 1 heterocycles. The van der Waals surface area contributed by atoms with Crippen LogP contribution in [0.4, 0.5) is 0 Å². The standard InChI is InChI=1S/C14H15NO3/c1-2-13(16)15-7-5-10-3-4-12(14(17)18)9-11(10)6-8-15/h2-4,9H,1,5-8H2,(H,17,18). The number of hydrogen-bond donors (Lipinski definition) is 1. The van der Waals surface area contributed by atoms with E-state index in [-0.39, 0.29) is 5.91 Å². The number of hydrogen-bond acceptors (Lipinski definition) is 2. The van der Waals surface area contributed by atoms with Crippen LogP contribution in [0.1, 0.15) is 21.5 Å². The summed E-state index contributed by atoms with van der Waals surface area (Å²) in [5.41, 5.74) is 2.45. The van der Waals surface area contributed by atoms with Crippen LogP contribution in [0.2, 0.25) is 0 Å². The van der Waals surface area contributed by atoms with E-state index >= 15 is 0 Å². The van der Waals surface area contributed by atoms with Crippen LogP contribution in [0.25, 0.3) is 0 Å². The van der Waals surface area contributed by atoms with Gasteiger partial charge in [0.05, 0.1) is 5.56 Å². The van der Waals surface area contributed by atoms with E-state index in [4.69, 9.17) is 5.11 Å². The van der Waals surface area contributed by atoms with Crippen molar-refractivity contribution in [3.8, 4) is 0 Å². The Morgan fingerprint density at radius 2 is 1.89 bits per heavy atom. The SMILES string of the molecule is C=CC(=O)N1CCc2ccc(C(=O)O)cc2CC1. The van der Waals surface area contributed by atoms with Gasteiger partial charge in [-0.15, -0.1) is 0 Å². The highest BCUT2D eigenvalue weighted by Crippen LogP contribution is 2.18. The molecule has 1 aliphatic heterocycles. The summed E-state index contributed by atoms with van der Waals surface area (Å²) in [5, 5.41) is 8.96. The zero-order valence-electron chi connectivity index (χ0n) is 10.1. The first kappa shape index (κ1) is 12.4. The van der Waals surface area contributed by atoms with E-state index < -0.39 is 5.97 Å². The Balaban J connectivity index is 2.22. The molecular weight excluding hydrogens is 230 g/mol. The van der Waals surface area contributed by atoms with Gasteiger partial charge in [-0.1, -0.05) is 12.6 Å². The Morgan fingerprint density at radius 3 is 2.50 bits per heavy atom. The first-order valence-electron chi connectivity index (χ1n) is 5.88. The van der Waals surface area contributed by atoms with Crippen LogP contribution in [-0.4, -0.2) is 35.0 Å².